The molecule has 21 heavy (non-hydrogen) atoms. The lowest BCUT2D eigenvalue weighted by molar-refractivity contribution is -0.140. The highest BCUT2D eigenvalue weighted by Gasteiger charge is 2.29. The maximum absolute atomic E-state index is 12.3. The summed E-state index contributed by atoms with van der Waals surface area (Å²) in [7, 11) is -3.95. The quantitative estimate of drug-likeness (QED) is 0.830. The van der Waals surface area contributed by atoms with E-state index in [1.165, 1.54) is 18.2 Å². The zero-order valence-corrected chi connectivity index (χ0v) is 12.9. The molecular weight excluding hydrogens is 292 g/mol. The van der Waals surface area contributed by atoms with Crippen LogP contribution in [0.4, 0.5) is 0 Å². The summed E-state index contributed by atoms with van der Waals surface area (Å²) >= 11 is 0. The number of aliphatic carboxylic acids is 1. The van der Waals surface area contributed by atoms with Gasteiger partial charge in [0.25, 0.3) is 0 Å². The van der Waals surface area contributed by atoms with E-state index in [1.807, 2.05) is 6.07 Å². The van der Waals surface area contributed by atoms with Crippen molar-refractivity contribution in [1.82, 2.24) is 4.72 Å². The third kappa shape index (κ3) is 4.03. The monoisotopic (exact) mass is 310 g/mol. The number of aryl methyl sites for hydroxylation is 1. The molecule has 0 amide bonds. The number of carboxylic acid groups (broad SMARTS) is 1. The van der Waals surface area contributed by atoms with Crippen LogP contribution in [0.3, 0.4) is 0 Å². The van der Waals surface area contributed by atoms with Crippen LogP contribution in [0.25, 0.3) is 0 Å². The van der Waals surface area contributed by atoms with Gasteiger partial charge in [-0.2, -0.15) is 9.98 Å². The van der Waals surface area contributed by atoms with Crippen LogP contribution in [0.2, 0.25) is 0 Å². The van der Waals surface area contributed by atoms with Gasteiger partial charge in [0.2, 0.25) is 10.0 Å². The summed E-state index contributed by atoms with van der Waals surface area (Å²) in [5.41, 5.74) is 0.904. The molecule has 0 aromatic heterocycles. The Kier molecular flexibility index (Phi) is 5.47. The fraction of sp³-hybridized carbons (Fsp3) is 0.429. The van der Waals surface area contributed by atoms with Gasteiger partial charge in [0.1, 0.15) is 6.04 Å². The fourth-order valence-corrected chi connectivity index (χ4v) is 3.19. The first kappa shape index (κ1) is 17.1. The van der Waals surface area contributed by atoms with Gasteiger partial charge >= 0.3 is 5.97 Å². The minimum absolute atomic E-state index is 0.0476. The van der Waals surface area contributed by atoms with Crippen molar-refractivity contribution in [3.05, 3.63) is 29.3 Å². The van der Waals surface area contributed by atoms with Crippen molar-refractivity contribution in [2.45, 2.75) is 38.1 Å². The lowest BCUT2D eigenvalue weighted by Gasteiger charge is -2.20. The average molecular weight is 310 g/mol. The molecule has 0 saturated heterocycles. The molecule has 114 valence electrons. The number of rotatable bonds is 6. The summed E-state index contributed by atoms with van der Waals surface area (Å²) in [4.78, 5) is 11.2. The van der Waals surface area contributed by atoms with Gasteiger partial charge in [-0.1, -0.05) is 20.3 Å². The van der Waals surface area contributed by atoms with Crippen LogP contribution in [0.1, 0.15) is 31.4 Å². The molecule has 7 heteroatoms. The molecule has 0 saturated carbocycles. The summed E-state index contributed by atoms with van der Waals surface area (Å²) in [6.07, 6.45) is 0.534. The molecule has 2 atom stereocenters. The number of nitrogens with zero attached hydrogens (tertiary/aromatic N) is 1. The zero-order chi connectivity index (χ0) is 16.2. The number of benzene rings is 1. The highest BCUT2D eigenvalue weighted by molar-refractivity contribution is 7.89. The normalized spacial score (nSPS) is 14.2. The van der Waals surface area contributed by atoms with Crippen molar-refractivity contribution in [3.63, 3.8) is 0 Å². The third-order valence-corrected chi connectivity index (χ3v) is 4.83. The smallest absolute Gasteiger partial charge is 0.322 e. The highest BCUT2D eigenvalue weighted by Crippen LogP contribution is 2.17. The van der Waals surface area contributed by atoms with Crippen molar-refractivity contribution in [2.75, 3.05) is 0 Å². The van der Waals surface area contributed by atoms with Crippen LogP contribution in [0.15, 0.2) is 23.1 Å². The number of hydrogen-bond donors (Lipinski definition) is 2. The lowest BCUT2D eigenvalue weighted by Crippen LogP contribution is -2.44. The fourth-order valence-electron chi connectivity index (χ4n) is 1.81. The maximum Gasteiger partial charge on any atom is 0.322 e. The Hall–Kier alpha value is -1.91. The molecule has 0 spiro atoms. The van der Waals surface area contributed by atoms with E-state index in [2.05, 4.69) is 4.72 Å². The van der Waals surface area contributed by atoms with Crippen LogP contribution in [-0.4, -0.2) is 25.5 Å². The van der Waals surface area contributed by atoms with Crippen LogP contribution in [-0.2, 0) is 14.8 Å². The molecule has 0 aliphatic carbocycles. The Balaban J connectivity index is 3.14. The Bertz CT molecular complexity index is 677. The summed E-state index contributed by atoms with van der Waals surface area (Å²) in [6, 6.07) is 4.82. The molecule has 2 N–H and O–H groups in total. The van der Waals surface area contributed by atoms with Gasteiger partial charge in [-0.05, 0) is 36.6 Å². The third-order valence-electron chi connectivity index (χ3n) is 3.39. The second kappa shape index (κ2) is 6.70. The summed E-state index contributed by atoms with van der Waals surface area (Å²) in [5.74, 6) is -1.55. The maximum atomic E-state index is 12.3. The van der Waals surface area contributed by atoms with Gasteiger partial charge in [-0.15, -0.1) is 0 Å². The molecule has 0 unspecified atom stereocenters. The Morgan fingerprint density at radius 1 is 1.48 bits per heavy atom. The molecule has 0 bridgehead atoms. The van der Waals surface area contributed by atoms with E-state index in [0.29, 0.717) is 17.5 Å². The first-order valence-corrected chi connectivity index (χ1v) is 7.97. The summed E-state index contributed by atoms with van der Waals surface area (Å²) < 4.78 is 26.7. The molecule has 1 aromatic carbocycles. The molecule has 0 fully saturated rings. The van der Waals surface area contributed by atoms with Crippen molar-refractivity contribution < 1.29 is 18.3 Å². The summed E-state index contributed by atoms with van der Waals surface area (Å²) in [6.45, 7) is 5.09. The van der Waals surface area contributed by atoms with Crippen LogP contribution >= 0.6 is 0 Å². The molecule has 0 aliphatic heterocycles. The van der Waals surface area contributed by atoms with Crippen LogP contribution < -0.4 is 4.72 Å². The topological polar surface area (TPSA) is 107 Å². The molecule has 0 heterocycles. The van der Waals surface area contributed by atoms with Crippen LogP contribution in [0.5, 0.6) is 0 Å². The second-order valence-corrected chi connectivity index (χ2v) is 6.63. The molecular formula is C14H18N2O4S. The number of nitrogens with one attached hydrogen (secondary N) is 1. The zero-order valence-electron chi connectivity index (χ0n) is 12.1. The number of carbonyl (C=O) groups is 1. The van der Waals surface area contributed by atoms with Gasteiger partial charge in [-0.25, -0.2) is 8.42 Å². The first-order valence-electron chi connectivity index (χ1n) is 6.48. The minimum atomic E-state index is -3.95. The molecule has 1 aromatic rings. The van der Waals surface area contributed by atoms with E-state index >= 15 is 0 Å². The lowest BCUT2D eigenvalue weighted by atomic mass is 10.0. The van der Waals surface area contributed by atoms with E-state index in [1.54, 1.807) is 20.8 Å². The van der Waals surface area contributed by atoms with Gasteiger partial charge < -0.3 is 5.11 Å². The number of sulfonamides is 1. The molecule has 0 aliphatic rings. The second-order valence-electron chi connectivity index (χ2n) is 4.91. The van der Waals surface area contributed by atoms with Gasteiger partial charge in [0.15, 0.2) is 0 Å². The average Bonchev–Trinajstić information content (AvgIpc) is 2.43. The predicted molar refractivity (Wildman–Crippen MR) is 77.1 cm³/mol. The van der Waals surface area contributed by atoms with Crippen molar-refractivity contribution in [1.29, 1.82) is 5.26 Å². The van der Waals surface area contributed by atoms with Crippen molar-refractivity contribution >= 4 is 16.0 Å². The van der Waals surface area contributed by atoms with Gasteiger partial charge in [0, 0.05) is 0 Å². The summed E-state index contributed by atoms with van der Waals surface area (Å²) in [5, 5.41) is 18.0. The Morgan fingerprint density at radius 2 is 2.10 bits per heavy atom. The van der Waals surface area contributed by atoms with E-state index in [-0.39, 0.29) is 10.8 Å². The van der Waals surface area contributed by atoms with E-state index in [0.717, 1.165) is 0 Å². The van der Waals surface area contributed by atoms with Crippen molar-refractivity contribution in [2.24, 2.45) is 5.92 Å². The number of carboxylic acids is 1. The predicted octanol–water partition coefficient (Wildman–Crippen LogP) is 1.64. The SMILES string of the molecule is CC[C@H](C)[C@H](NS(=O)(=O)c1ccc(C#N)c(C)c1)C(=O)O. The standard InChI is InChI=1S/C14H18N2O4S/c1-4-9(2)13(14(17)18)16-21(19,20)12-6-5-11(8-15)10(3)7-12/h5-7,9,13,16H,4H2,1-3H3,(H,17,18)/t9-,13-/m0/s1. The Labute approximate surface area is 124 Å². The minimum Gasteiger partial charge on any atom is -0.480 e. The van der Waals surface area contributed by atoms with E-state index in [4.69, 9.17) is 10.4 Å². The van der Waals surface area contributed by atoms with E-state index in [9.17, 15) is 13.2 Å². The van der Waals surface area contributed by atoms with Gasteiger partial charge in [0.05, 0.1) is 16.5 Å². The van der Waals surface area contributed by atoms with Gasteiger partial charge in [-0.3, -0.25) is 4.79 Å². The van der Waals surface area contributed by atoms with E-state index < -0.39 is 22.0 Å². The highest BCUT2D eigenvalue weighted by atomic mass is 32.2. The molecule has 1 rings (SSSR count). The first-order chi connectivity index (χ1) is 9.72. The number of nitriles is 1. The van der Waals surface area contributed by atoms with Crippen molar-refractivity contribution in [3.8, 4) is 6.07 Å². The largest absolute Gasteiger partial charge is 0.480 e. The Morgan fingerprint density at radius 3 is 2.52 bits per heavy atom. The molecule has 0 radical (unpaired) electrons. The van der Waals surface area contributed by atoms with Crippen LogP contribution in [0, 0.1) is 24.2 Å². The number of hydrogen-bond acceptors (Lipinski definition) is 4. The molecule has 6 nitrogen and oxygen atoms in total.